The number of methoxy groups -OCH3 is 1. The summed E-state index contributed by atoms with van der Waals surface area (Å²) in [4.78, 5) is 36.0. The highest BCUT2D eigenvalue weighted by Crippen LogP contribution is 2.37. The summed E-state index contributed by atoms with van der Waals surface area (Å²) in [5, 5.41) is 2.77. The molecule has 1 aromatic rings. The third-order valence-corrected chi connectivity index (χ3v) is 4.67. The highest BCUT2D eigenvalue weighted by molar-refractivity contribution is 5.96. The van der Waals surface area contributed by atoms with Gasteiger partial charge in [0.2, 0.25) is 5.91 Å². The van der Waals surface area contributed by atoms with Gasteiger partial charge in [-0.2, -0.15) is 0 Å². The first-order valence-corrected chi connectivity index (χ1v) is 8.69. The molecule has 0 radical (unpaired) electrons. The van der Waals surface area contributed by atoms with Gasteiger partial charge in [-0.1, -0.05) is 37.3 Å². The van der Waals surface area contributed by atoms with Crippen molar-refractivity contribution < 1.29 is 23.9 Å². The molecule has 0 aliphatic heterocycles. The van der Waals surface area contributed by atoms with E-state index in [0.29, 0.717) is 6.42 Å². The maximum atomic E-state index is 12.7. The average Bonchev–Trinajstić information content (AvgIpc) is 2.76. The lowest BCUT2D eigenvalue weighted by Crippen LogP contribution is -2.36. The summed E-state index contributed by atoms with van der Waals surface area (Å²) >= 11 is 0. The Bertz CT molecular complexity index is 683. The smallest absolute Gasteiger partial charge is 0.302 e. The van der Waals surface area contributed by atoms with Crippen molar-refractivity contribution in [2.75, 3.05) is 20.3 Å². The van der Waals surface area contributed by atoms with Crippen LogP contribution >= 0.6 is 0 Å². The molecule has 0 heterocycles. The largest absolute Gasteiger partial charge is 0.493 e. The lowest BCUT2D eigenvalue weighted by Gasteiger charge is -2.26. The Balaban J connectivity index is 2.19. The van der Waals surface area contributed by atoms with E-state index < -0.39 is 11.9 Å². The van der Waals surface area contributed by atoms with Crippen molar-refractivity contribution in [3.8, 4) is 0 Å². The van der Waals surface area contributed by atoms with Crippen LogP contribution in [0.1, 0.15) is 31.7 Å². The summed E-state index contributed by atoms with van der Waals surface area (Å²) in [6.45, 7) is 3.63. The monoisotopic (exact) mass is 359 g/mol. The van der Waals surface area contributed by atoms with Crippen LogP contribution in [0.4, 0.5) is 0 Å². The lowest BCUT2D eigenvalue weighted by atomic mass is 9.78. The number of esters is 1. The first-order chi connectivity index (χ1) is 12.4. The first-order valence-electron chi connectivity index (χ1n) is 8.69. The minimum atomic E-state index is -0.515. The molecule has 0 unspecified atom stereocenters. The van der Waals surface area contributed by atoms with E-state index in [2.05, 4.69) is 5.32 Å². The molecule has 1 aliphatic carbocycles. The summed E-state index contributed by atoms with van der Waals surface area (Å²) in [5.74, 6) is -1.19. The SMILES string of the molecule is COC1=C[C@H](C(=O)NCCOC(C)=O)[C@H](C)[C@@H](c2ccccc2)CC1=O. The number of ether oxygens (including phenoxy) is 2. The number of rotatable bonds is 6. The summed E-state index contributed by atoms with van der Waals surface area (Å²) in [5.41, 5.74) is 1.02. The second-order valence-electron chi connectivity index (χ2n) is 6.40. The summed E-state index contributed by atoms with van der Waals surface area (Å²) in [6.07, 6.45) is 1.90. The van der Waals surface area contributed by atoms with Crippen molar-refractivity contribution in [3.05, 3.63) is 47.7 Å². The second kappa shape index (κ2) is 9.17. The molecule has 1 N–H and O–H groups in total. The molecule has 0 saturated carbocycles. The molecule has 3 atom stereocenters. The second-order valence-corrected chi connectivity index (χ2v) is 6.40. The van der Waals surface area contributed by atoms with E-state index in [-0.39, 0.29) is 42.4 Å². The van der Waals surface area contributed by atoms with Crippen molar-refractivity contribution in [1.29, 1.82) is 0 Å². The van der Waals surface area contributed by atoms with Crippen LogP contribution in [-0.2, 0) is 23.9 Å². The fourth-order valence-electron chi connectivity index (χ4n) is 3.25. The van der Waals surface area contributed by atoms with E-state index in [1.54, 1.807) is 6.08 Å². The number of hydrogen-bond donors (Lipinski definition) is 1. The van der Waals surface area contributed by atoms with Crippen molar-refractivity contribution in [1.82, 2.24) is 5.32 Å². The van der Waals surface area contributed by atoms with Gasteiger partial charge in [-0.15, -0.1) is 0 Å². The number of carbonyl (C=O) groups is 3. The van der Waals surface area contributed by atoms with Crippen molar-refractivity contribution in [2.45, 2.75) is 26.2 Å². The van der Waals surface area contributed by atoms with E-state index in [1.165, 1.54) is 14.0 Å². The number of carbonyl (C=O) groups excluding carboxylic acids is 3. The first kappa shape index (κ1) is 19.7. The van der Waals surface area contributed by atoms with Gasteiger partial charge in [-0.25, -0.2) is 0 Å². The number of allylic oxidation sites excluding steroid dienone is 1. The number of benzene rings is 1. The molecule has 0 spiro atoms. The maximum Gasteiger partial charge on any atom is 0.302 e. The van der Waals surface area contributed by atoms with E-state index in [9.17, 15) is 14.4 Å². The molecule has 2 rings (SSSR count). The highest BCUT2D eigenvalue weighted by atomic mass is 16.5. The molecule has 140 valence electrons. The van der Waals surface area contributed by atoms with Crippen LogP contribution in [0.15, 0.2) is 42.2 Å². The minimum absolute atomic E-state index is 0.0863. The van der Waals surface area contributed by atoms with E-state index in [0.717, 1.165) is 5.56 Å². The fourth-order valence-corrected chi connectivity index (χ4v) is 3.25. The maximum absolute atomic E-state index is 12.7. The Hall–Kier alpha value is -2.63. The van der Waals surface area contributed by atoms with E-state index in [4.69, 9.17) is 9.47 Å². The van der Waals surface area contributed by atoms with Crippen LogP contribution < -0.4 is 5.32 Å². The molecule has 0 saturated heterocycles. The van der Waals surface area contributed by atoms with Crippen LogP contribution in [0.5, 0.6) is 0 Å². The number of ketones is 1. The molecule has 1 amide bonds. The zero-order chi connectivity index (χ0) is 19.1. The molecular formula is C20H25NO5. The molecule has 0 fully saturated rings. The van der Waals surface area contributed by atoms with E-state index in [1.807, 2.05) is 37.3 Å². The summed E-state index contributed by atoms with van der Waals surface area (Å²) in [6, 6.07) is 9.72. The molecule has 6 heteroatoms. The summed E-state index contributed by atoms with van der Waals surface area (Å²) in [7, 11) is 1.44. The molecule has 1 aliphatic rings. The Morgan fingerprint density at radius 3 is 2.54 bits per heavy atom. The molecule has 26 heavy (non-hydrogen) atoms. The minimum Gasteiger partial charge on any atom is -0.493 e. The van der Waals surface area contributed by atoms with Crippen molar-refractivity contribution in [3.63, 3.8) is 0 Å². The van der Waals surface area contributed by atoms with Gasteiger partial charge >= 0.3 is 5.97 Å². The standard InChI is InChI=1S/C20H25NO5/c1-13-16(15-7-5-4-6-8-15)11-18(23)19(25-3)12-17(13)20(24)21-9-10-26-14(2)22/h4-8,12-13,16-17H,9-11H2,1-3H3,(H,21,24)/t13-,16+,17+/m1/s1. The topological polar surface area (TPSA) is 81.7 Å². The van der Waals surface area contributed by atoms with Crippen LogP contribution in [0.3, 0.4) is 0 Å². The Morgan fingerprint density at radius 1 is 1.23 bits per heavy atom. The van der Waals surface area contributed by atoms with Gasteiger partial charge < -0.3 is 14.8 Å². The van der Waals surface area contributed by atoms with Crippen LogP contribution in [0.25, 0.3) is 0 Å². The van der Waals surface area contributed by atoms with Crippen LogP contribution in [0, 0.1) is 11.8 Å². The third-order valence-electron chi connectivity index (χ3n) is 4.67. The van der Waals surface area contributed by atoms with Crippen LogP contribution in [-0.4, -0.2) is 37.9 Å². The Labute approximate surface area is 153 Å². The van der Waals surface area contributed by atoms with Gasteiger partial charge in [0, 0.05) is 13.3 Å². The predicted molar refractivity (Wildman–Crippen MR) is 96.2 cm³/mol. The zero-order valence-corrected chi connectivity index (χ0v) is 15.4. The number of amides is 1. The lowest BCUT2D eigenvalue weighted by molar-refractivity contribution is -0.141. The van der Waals surface area contributed by atoms with Gasteiger partial charge in [0.25, 0.3) is 0 Å². The highest BCUT2D eigenvalue weighted by Gasteiger charge is 2.36. The predicted octanol–water partition coefficient (Wildman–Crippen LogP) is 2.20. The molecule has 1 aromatic carbocycles. The number of Topliss-reactive ketones (excluding diaryl/α,β-unsaturated/α-hetero) is 1. The molecule has 6 nitrogen and oxygen atoms in total. The molecular weight excluding hydrogens is 334 g/mol. The van der Waals surface area contributed by atoms with Gasteiger partial charge in [0.15, 0.2) is 11.5 Å². The zero-order valence-electron chi connectivity index (χ0n) is 15.4. The number of hydrogen-bond acceptors (Lipinski definition) is 5. The molecule has 0 aromatic heterocycles. The third kappa shape index (κ3) is 4.94. The molecule has 0 bridgehead atoms. The van der Waals surface area contributed by atoms with Crippen molar-refractivity contribution in [2.24, 2.45) is 11.8 Å². The van der Waals surface area contributed by atoms with Gasteiger partial charge in [0.05, 0.1) is 19.6 Å². The van der Waals surface area contributed by atoms with Gasteiger partial charge in [-0.3, -0.25) is 14.4 Å². The normalized spacial score (nSPS) is 22.8. The quantitative estimate of drug-likeness (QED) is 0.622. The number of nitrogens with one attached hydrogen (secondary N) is 1. The van der Waals surface area contributed by atoms with E-state index >= 15 is 0 Å². The van der Waals surface area contributed by atoms with Gasteiger partial charge in [0.1, 0.15) is 6.61 Å². The Morgan fingerprint density at radius 2 is 1.92 bits per heavy atom. The van der Waals surface area contributed by atoms with Crippen molar-refractivity contribution >= 4 is 17.7 Å². The Kier molecular flexibility index (Phi) is 6.95. The average molecular weight is 359 g/mol. The van der Waals surface area contributed by atoms with Gasteiger partial charge in [-0.05, 0) is 23.5 Å². The van der Waals surface area contributed by atoms with Crippen LogP contribution in [0.2, 0.25) is 0 Å². The summed E-state index contributed by atoms with van der Waals surface area (Å²) < 4.78 is 10.0. The fraction of sp³-hybridized carbons (Fsp3) is 0.450.